The van der Waals surface area contributed by atoms with Crippen LogP contribution in [0.1, 0.15) is 23.0 Å². The third kappa shape index (κ3) is 3.14. The van der Waals surface area contributed by atoms with Crippen LogP contribution < -0.4 is 0 Å². The summed E-state index contributed by atoms with van der Waals surface area (Å²) in [6.07, 6.45) is 0. The fourth-order valence-electron chi connectivity index (χ4n) is 2.33. The Morgan fingerprint density at radius 2 is 1.91 bits per heavy atom. The van der Waals surface area contributed by atoms with Gasteiger partial charge in [0.15, 0.2) is 5.82 Å². The molecule has 0 saturated heterocycles. The van der Waals surface area contributed by atoms with Gasteiger partial charge in [-0.25, -0.2) is 14.8 Å². The predicted octanol–water partition coefficient (Wildman–Crippen LogP) is 4.36. The average Bonchev–Trinajstić information content (AvgIpc) is 3.09. The molecule has 0 radical (unpaired) electrons. The van der Waals surface area contributed by atoms with Crippen LogP contribution in [0.25, 0.3) is 22.0 Å². The number of hydrogen-bond acceptors (Lipinski definition) is 5. The van der Waals surface area contributed by atoms with E-state index in [-0.39, 0.29) is 5.97 Å². The SMILES string of the molecule is CCOC(=O)c1c(C)nc(-c2ccccc2)nc1-c1cccs1. The lowest BCUT2D eigenvalue weighted by molar-refractivity contribution is 0.0525. The number of carbonyl (C=O) groups excluding carboxylic acids is 1. The van der Waals surface area contributed by atoms with Crippen LogP contribution in [0.5, 0.6) is 0 Å². The molecule has 0 atom stereocenters. The molecule has 116 valence electrons. The van der Waals surface area contributed by atoms with Gasteiger partial charge in [0.05, 0.1) is 22.9 Å². The number of esters is 1. The van der Waals surface area contributed by atoms with Gasteiger partial charge in [-0.05, 0) is 25.3 Å². The summed E-state index contributed by atoms with van der Waals surface area (Å²) >= 11 is 1.54. The third-order valence-electron chi connectivity index (χ3n) is 3.36. The zero-order chi connectivity index (χ0) is 16.2. The van der Waals surface area contributed by atoms with Crippen molar-refractivity contribution in [3.8, 4) is 22.0 Å². The largest absolute Gasteiger partial charge is 0.462 e. The molecule has 2 heterocycles. The average molecular weight is 324 g/mol. The van der Waals surface area contributed by atoms with Crippen molar-refractivity contribution in [2.24, 2.45) is 0 Å². The first kappa shape index (κ1) is 15.4. The summed E-state index contributed by atoms with van der Waals surface area (Å²) < 4.78 is 5.18. The molecule has 0 aliphatic rings. The lowest BCUT2D eigenvalue weighted by Crippen LogP contribution is -2.12. The molecule has 4 nitrogen and oxygen atoms in total. The number of benzene rings is 1. The van der Waals surface area contributed by atoms with E-state index in [0.717, 1.165) is 10.4 Å². The second-order valence-electron chi connectivity index (χ2n) is 4.92. The topological polar surface area (TPSA) is 52.1 Å². The molecule has 3 rings (SSSR count). The van der Waals surface area contributed by atoms with Crippen LogP contribution in [0.15, 0.2) is 47.8 Å². The van der Waals surface area contributed by atoms with Crippen molar-refractivity contribution in [3.63, 3.8) is 0 Å². The van der Waals surface area contributed by atoms with Crippen LogP contribution >= 0.6 is 11.3 Å². The third-order valence-corrected chi connectivity index (χ3v) is 4.23. The van der Waals surface area contributed by atoms with E-state index in [0.29, 0.717) is 29.4 Å². The summed E-state index contributed by atoms with van der Waals surface area (Å²) in [6, 6.07) is 13.6. The number of aryl methyl sites for hydroxylation is 1. The van der Waals surface area contributed by atoms with Gasteiger partial charge < -0.3 is 4.74 Å². The van der Waals surface area contributed by atoms with Gasteiger partial charge in [-0.1, -0.05) is 36.4 Å². The summed E-state index contributed by atoms with van der Waals surface area (Å²) in [4.78, 5) is 22.4. The Hall–Kier alpha value is -2.53. The first-order valence-corrected chi connectivity index (χ1v) is 8.23. The van der Waals surface area contributed by atoms with Gasteiger partial charge >= 0.3 is 5.97 Å². The zero-order valence-electron chi connectivity index (χ0n) is 12.9. The summed E-state index contributed by atoms with van der Waals surface area (Å²) in [5, 5.41) is 1.96. The quantitative estimate of drug-likeness (QED) is 0.669. The summed E-state index contributed by atoms with van der Waals surface area (Å²) in [5.74, 6) is 0.229. The first-order valence-electron chi connectivity index (χ1n) is 7.35. The van der Waals surface area contributed by atoms with Crippen molar-refractivity contribution < 1.29 is 9.53 Å². The summed E-state index contributed by atoms with van der Waals surface area (Å²) in [6.45, 7) is 3.93. The maximum absolute atomic E-state index is 12.3. The Bertz CT molecular complexity index is 815. The molecule has 0 unspecified atom stereocenters. The molecule has 0 fully saturated rings. The minimum Gasteiger partial charge on any atom is -0.462 e. The minimum absolute atomic E-state index is 0.322. The van der Waals surface area contributed by atoms with Gasteiger partial charge in [0, 0.05) is 5.56 Å². The first-order chi connectivity index (χ1) is 11.2. The molecule has 0 aliphatic carbocycles. The normalized spacial score (nSPS) is 10.5. The fraction of sp³-hybridized carbons (Fsp3) is 0.167. The lowest BCUT2D eigenvalue weighted by Gasteiger charge is -2.11. The molecule has 5 heteroatoms. The molecule has 0 aliphatic heterocycles. The van der Waals surface area contributed by atoms with E-state index in [1.807, 2.05) is 54.8 Å². The van der Waals surface area contributed by atoms with Gasteiger partial charge in [0.25, 0.3) is 0 Å². The van der Waals surface area contributed by atoms with Crippen molar-refractivity contribution in [1.29, 1.82) is 0 Å². The number of thiophene rings is 1. The van der Waals surface area contributed by atoms with E-state index in [4.69, 9.17) is 4.74 Å². The molecule has 1 aromatic carbocycles. The van der Waals surface area contributed by atoms with Crippen LogP contribution in [0.3, 0.4) is 0 Å². The monoisotopic (exact) mass is 324 g/mol. The van der Waals surface area contributed by atoms with Crippen LogP contribution in [0.4, 0.5) is 0 Å². The van der Waals surface area contributed by atoms with Gasteiger partial charge in [0.2, 0.25) is 0 Å². The highest BCUT2D eigenvalue weighted by atomic mass is 32.1. The predicted molar refractivity (Wildman–Crippen MR) is 91.5 cm³/mol. The Morgan fingerprint density at radius 1 is 1.13 bits per heavy atom. The molecule has 0 amide bonds. The van der Waals surface area contributed by atoms with E-state index in [9.17, 15) is 4.79 Å². The summed E-state index contributed by atoms with van der Waals surface area (Å²) in [7, 11) is 0. The highest BCUT2D eigenvalue weighted by Crippen LogP contribution is 2.30. The van der Waals surface area contributed by atoms with E-state index >= 15 is 0 Å². The second kappa shape index (κ2) is 6.71. The minimum atomic E-state index is -0.381. The number of nitrogens with zero attached hydrogens (tertiary/aromatic N) is 2. The van der Waals surface area contributed by atoms with Crippen molar-refractivity contribution in [1.82, 2.24) is 9.97 Å². The number of hydrogen-bond donors (Lipinski definition) is 0. The number of aromatic nitrogens is 2. The van der Waals surface area contributed by atoms with Crippen molar-refractivity contribution in [2.45, 2.75) is 13.8 Å². The highest BCUT2D eigenvalue weighted by molar-refractivity contribution is 7.13. The van der Waals surface area contributed by atoms with E-state index in [1.165, 1.54) is 0 Å². The van der Waals surface area contributed by atoms with Gasteiger partial charge in [-0.2, -0.15) is 0 Å². The van der Waals surface area contributed by atoms with Gasteiger partial charge in [-0.3, -0.25) is 0 Å². The van der Waals surface area contributed by atoms with Gasteiger partial charge in [0.1, 0.15) is 5.56 Å². The van der Waals surface area contributed by atoms with Crippen LogP contribution in [-0.4, -0.2) is 22.5 Å². The van der Waals surface area contributed by atoms with E-state index in [2.05, 4.69) is 9.97 Å². The zero-order valence-corrected chi connectivity index (χ0v) is 13.8. The molecule has 3 aromatic rings. The Morgan fingerprint density at radius 3 is 2.57 bits per heavy atom. The Labute approximate surface area is 138 Å². The second-order valence-corrected chi connectivity index (χ2v) is 5.87. The van der Waals surface area contributed by atoms with E-state index in [1.54, 1.807) is 18.3 Å². The molecule has 0 saturated carbocycles. The number of carbonyl (C=O) groups is 1. The summed E-state index contributed by atoms with van der Waals surface area (Å²) in [5.41, 5.74) is 2.61. The van der Waals surface area contributed by atoms with Crippen LogP contribution in [-0.2, 0) is 4.74 Å². The van der Waals surface area contributed by atoms with E-state index < -0.39 is 0 Å². The Balaban J connectivity index is 2.20. The molecule has 0 N–H and O–H groups in total. The lowest BCUT2D eigenvalue weighted by atomic mass is 10.1. The van der Waals surface area contributed by atoms with Gasteiger partial charge in [-0.15, -0.1) is 11.3 Å². The molecule has 2 aromatic heterocycles. The van der Waals surface area contributed by atoms with Crippen molar-refractivity contribution in [3.05, 3.63) is 59.1 Å². The molecule has 0 spiro atoms. The maximum atomic E-state index is 12.3. The highest BCUT2D eigenvalue weighted by Gasteiger charge is 2.22. The standard InChI is InChI=1S/C18H16N2O2S/c1-3-22-18(21)15-12(2)19-17(13-8-5-4-6-9-13)20-16(15)14-10-7-11-23-14/h4-11H,3H2,1-2H3. The molecule has 23 heavy (non-hydrogen) atoms. The smallest absolute Gasteiger partial charge is 0.342 e. The molecule has 0 bridgehead atoms. The number of ether oxygens (including phenoxy) is 1. The maximum Gasteiger partial charge on any atom is 0.342 e. The van der Waals surface area contributed by atoms with Crippen molar-refractivity contribution >= 4 is 17.3 Å². The number of rotatable bonds is 4. The molecular weight excluding hydrogens is 308 g/mol. The van der Waals surface area contributed by atoms with Crippen LogP contribution in [0.2, 0.25) is 0 Å². The molecular formula is C18H16N2O2S. The Kier molecular flexibility index (Phi) is 4.48. The van der Waals surface area contributed by atoms with Crippen molar-refractivity contribution in [2.75, 3.05) is 6.61 Å². The van der Waals surface area contributed by atoms with Crippen LogP contribution in [0, 0.1) is 6.92 Å². The fourth-order valence-corrected chi connectivity index (χ4v) is 3.05.